The highest BCUT2D eigenvalue weighted by Crippen LogP contribution is 2.43. The molecular weight excluding hydrogens is 316 g/mol. The molecule has 0 saturated carbocycles. The number of nitriles is 1. The smallest absolute Gasteiger partial charge is 0.316 e. The molecule has 0 aromatic carbocycles. The number of hydrogen-bond donors (Lipinski definition) is 0. The zero-order valence-corrected chi connectivity index (χ0v) is 14.0. The van der Waals surface area contributed by atoms with Gasteiger partial charge in [0.15, 0.2) is 0 Å². The summed E-state index contributed by atoms with van der Waals surface area (Å²) < 4.78 is 5.22. The Bertz CT molecular complexity index is 669. The molecule has 1 aromatic heterocycles. The van der Waals surface area contributed by atoms with Crippen molar-refractivity contribution in [2.24, 2.45) is 10.9 Å². The molecule has 1 unspecified atom stereocenters. The van der Waals surface area contributed by atoms with Crippen molar-refractivity contribution in [1.82, 2.24) is 0 Å². The van der Waals surface area contributed by atoms with Crippen LogP contribution in [0.15, 0.2) is 45.8 Å². The van der Waals surface area contributed by atoms with Crippen molar-refractivity contribution < 1.29 is 9.53 Å². The Morgan fingerprint density at radius 1 is 1.68 bits per heavy atom. The van der Waals surface area contributed by atoms with Crippen molar-refractivity contribution in [3.8, 4) is 6.07 Å². The zero-order chi connectivity index (χ0) is 16.1. The van der Waals surface area contributed by atoms with Gasteiger partial charge < -0.3 is 4.74 Å². The lowest BCUT2D eigenvalue weighted by atomic mass is 9.81. The third-order valence-corrected chi connectivity index (χ3v) is 5.02. The van der Waals surface area contributed by atoms with Gasteiger partial charge in [-0.1, -0.05) is 18.7 Å². The molecule has 2 atom stereocenters. The number of carbonyl (C=O) groups excluding carboxylic acids is 1. The molecule has 0 amide bonds. The minimum absolute atomic E-state index is 0.154. The van der Waals surface area contributed by atoms with E-state index in [4.69, 9.17) is 4.74 Å². The summed E-state index contributed by atoms with van der Waals surface area (Å²) in [6.07, 6.45) is 3.41. The molecular formula is C16H16N2O2S2. The van der Waals surface area contributed by atoms with E-state index in [0.717, 1.165) is 4.88 Å². The third kappa shape index (κ3) is 3.16. The van der Waals surface area contributed by atoms with Gasteiger partial charge in [0.25, 0.3) is 0 Å². The first-order valence-electron chi connectivity index (χ1n) is 6.68. The third-order valence-electron chi connectivity index (χ3n) is 3.36. The Hall–Kier alpha value is -1.84. The van der Waals surface area contributed by atoms with Crippen LogP contribution in [0.3, 0.4) is 0 Å². The van der Waals surface area contributed by atoms with E-state index in [1.807, 2.05) is 30.7 Å². The van der Waals surface area contributed by atoms with E-state index >= 15 is 0 Å². The van der Waals surface area contributed by atoms with Crippen molar-refractivity contribution in [3.63, 3.8) is 0 Å². The van der Waals surface area contributed by atoms with Crippen LogP contribution in [0, 0.1) is 17.2 Å². The number of rotatable bonds is 5. The molecule has 114 valence electrons. The number of nitrogens with zero attached hydrogens (tertiary/aromatic N) is 2. The van der Waals surface area contributed by atoms with Gasteiger partial charge >= 0.3 is 5.97 Å². The molecule has 1 aliphatic rings. The lowest BCUT2D eigenvalue weighted by Crippen LogP contribution is -2.33. The van der Waals surface area contributed by atoms with Gasteiger partial charge in [-0.25, -0.2) is 4.99 Å². The van der Waals surface area contributed by atoms with Gasteiger partial charge in [-0.05, 0) is 24.6 Å². The van der Waals surface area contributed by atoms with E-state index in [1.54, 1.807) is 0 Å². The van der Waals surface area contributed by atoms with Crippen LogP contribution in [-0.4, -0.2) is 24.5 Å². The summed E-state index contributed by atoms with van der Waals surface area (Å²) >= 11 is 2.95. The summed E-state index contributed by atoms with van der Waals surface area (Å²) in [6.45, 7) is 5.52. The first kappa shape index (κ1) is 16.5. The van der Waals surface area contributed by atoms with Crippen LogP contribution in [0.2, 0.25) is 0 Å². The Morgan fingerprint density at radius 3 is 3.00 bits per heavy atom. The van der Waals surface area contributed by atoms with Crippen molar-refractivity contribution >= 4 is 34.8 Å². The van der Waals surface area contributed by atoms with Gasteiger partial charge in [0.2, 0.25) is 0 Å². The fourth-order valence-corrected chi connectivity index (χ4v) is 3.92. The van der Waals surface area contributed by atoms with Crippen molar-refractivity contribution in [2.75, 3.05) is 12.9 Å². The second-order valence-corrected chi connectivity index (χ2v) is 6.45. The molecule has 6 heteroatoms. The Labute approximate surface area is 138 Å². The monoisotopic (exact) mass is 332 g/mol. The van der Waals surface area contributed by atoms with Crippen LogP contribution in [-0.2, 0) is 9.53 Å². The minimum Gasteiger partial charge on any atom is -0.461 e. The number of thioether (sulfide) groups is 1. The lowest BCUT2D eigenvalue weighted by Gasteiger charge is -2.28. The Morgan fingerprint density at radius 2 is 2.45 bits per heavy atom. The summed E-state index contributed by atoms with van der Waals surface area (Å²) in [4.78, 5) is 17.9. The topological polar surface area (TPSA) is 62.4 Å². The van der Waals surface area contributed by atoms with E-state index in [1.165, 1.54) is 29.2 Å². The van der Waals surface area contributed by atoms with Crippen LogP contribution < -0.4 is 0 Å². The van der Waals surface area contributed by atoms with Crippen LogP contribution in [0.1, 0.15) is 17.7 Å². The SMILES string of the molecule is C=CCOC(=O)C1C(C)=NC(SC)=C(C#N)[C@@H]1c1cccs1. The number of ether oxygens (including phenoxy) is 1. The molecule has 0 saturated heterocycles. The maximum Gasteiger partial charge on any atom is 0.316 e. The number of esters is 1. The Kier molecular flexibility index (Phi) is 5.58. The van der Waals surface area contributed by atoms with Crippen LogP contribution in [0.4, 0.5) is 0 Å². The molecule has 0 spiro atoms. The standard InChI is InChI=1S/C16H16N2O2S2/c1-4-7-20-16(19)13-10(2)18-15(21-3)11(9-17)14(13)12-6-5-8-22-12/h4-6,8,13-14H,1,7H2,2-3H3/t13?,14-/m1/s1. The first-order valence-corrected chi connectivity index (χ1v) is 8.78. The van der Waals surface area contributed by atoms with Gasteiger partial charge in [-0.15, -0.1) is 23.1 Å². The van der Waals surface area contributed by atoms with Crippen molar-refractivity contribution in [3.05, 3.63) is 45.6 Å². The molecule has 0 fully saturated rings. The number of hydrogen-bond acceptors (Lipinski definition) is 6. The van der Waals surface area contributed by atoms with Crippen LogP contribution in [0.25, 0.3) is 0 Å². The first-order chi connectivity index (χ1) is 10.6. The molecule has 1 aliphatic heterocycles. The zero-order valence-electron chi connectivity index (χ0n) is 12.4. The fraction of sp³-hybridized carbons (Fsp3) is 0.312. The van der Waals surface area contributed by atoms with Crippen molar-refractivity contribution in [2.45, 2.75) is 12.8 Å². The van der Waals surface area contributed by atoms with E-state index in [2.05, 4.69) is 17.6 Å². The van der Waals surface area contributed by atoms with Crippen molar-refractivity contribution in [1.29, 1.82) is 5.26 Å². The van der Waals surface area contributed by atoms with Gasteiger partial charge in [0, 0.05) is 16.5 Å². The maximum absolute atomic E-state index is 12.4. The Balaban J connectivity index is 2.50. The molecule has 4 nitrogen and oxygen atoms in total. The number of allylic oxidation sites excluding steroid dienone is 1. The molecule has 2 rings (SSSR count). The summed E-state index contributed by atoms with van der Waals surface area (Å²) in [6, 6.07) is 6.09. The average Bonchev–Trinajstić information content (AvgIpc) is 3.05. The predicted octanol–water partition coefficient (Wildman–Crippen LogP) is 3.75. The van der Waals surface area contributed by atoms with Gasteiger partial charge in [0.05, 0.1) is 11.6 Å². The molecule has 0 bridgehead atoms. The van der Waals surface area contributed by atoms with E-state index in [0.29, 0.717) is 16.3 Å². The van der Waals surface area contributed by atoms with Gasteiger partial charge in [0.1, 0.15) is 17.6 Å². The largest absolute Gasteiger partial charge is 0.461 e. The van der Waals surface area contributed by atoms with E-state index in [-0.39, 0.29) is 18.5 Å². The molecule has 22 heavy (non-hydrogen) atoms. The summed E-state index contributed by atoms with van der Waals surface area (Å²) in [5.74, 6) is -1.26. The molecule has 2 heterocycles. The normalized spacial score (nSPS) is 21.0. The van der Waals surface area contributed by atoms with E-state index in [9.17, 15) is 10.1 Å². The molecule has 0 radical (unpaired) electrons. The van der Waals surface area contributed by atoms with Crippen LogP contribution in [0.5, 0.6) is 0 Å². The molecule has 0 aliphatic carbocycles. The molecule has 1 aromatic rings. The fourth-order valence-electron chi connectivity index (χ4n) is 2.42. The predicted molar refractivity (Wildman–Crippen MR) is 91.0 cm³/mol. The lowest BCUT2D eigenvalue weighted by molar-refractivity contribution is -0.145. The summed E-state index contributed by atoms with van der Waals surface area (Å²) in [5.41, 5.74) is 1.21. The number of thiophene rings is 1. The minimum atomic E-state index is -0.566. The highest BCUT2D eigenvalue weighted by Gasteiger charge is 2.40. The van der Waals surface area contributed by atoms with Gasteiger partial charge in [-0.2, -0.15) is 5.26 Å². The highest BCUT2D eigenvalue weighted by molar-refractivity contribution is 8.02. The quantitative estimate of drug-likeness (QED) is 0.608. The number of aliphatic imine (C=N–C) groups is 1. The number of carbonyl (C=O) groups is 1. The van der Waals surface area contributed by atoms with Gasteiger partial charge in [-0.3, -0.25) is 4.79 Å². The second-order valence-electron chi connectivity index (χ2n) is 4.68. The maximum atomic E-state index is 12.4. The summed E-state index contributed by atoms with van der Waals surface area (Å²) in [5, 5.41) is 12.2. The summed E-state index contributed by atoms with van der Waals surface area (Å²) in [7, 11) is 0. The molecule has 0 N–H and O–H groups in total. The van der Waals surface area contributed by atoms with Crippen LogP contribution >= 0.6 is 23.1 Å². The van der Waals surface area contributed by atoms with E-state index < -0.39 is 5.92 Å². The second kappa shape index (κ2) is 7.43. The highest BCUT2D eigenvalue weighted by atomic mass is 32.2. The average molecular weight is 332 g/mol.